The van der Waals surface area contributed by atoms with Gasteiger partial charge in [-0.2, -0.15) is 0 Å². The number of rotatable bonds is 41. The lowest BCUT2D eigenvalue weighted by molar-refractivity contribution is -0.161. The molecule has 0 aliphatic heterocycles. The third kappa shape index (κ3) is 40.0. The number of carbonyl (C=O) groups excluding carboxylic acids is 2. The van der Waals surface area contributed by atoms with Crippen molar-refractivity contribution >= 4 is 25.7 Å². The number of carboxylic acids is 1. The molecular formula is C46H80NO10P. The summed E-state index contributed by atoms with van der Waals surface area (Å²) in [5.41, 5.74) is 5.33. The number of hydrogen-bond donors (Lipinski definition) is 3. The van der Waals surface area contributed by atoms with Crippen LogP contribution in [0.3, 0.4) is 0 Å². The molecule has 0 aliphatic rings. The summed E-state index contributed by atoms with van der Waals surface area (Å²) in [7, 11) is -4.73. The van der Waals surface area contributed by atoms with Crippen LogP contribution in [0.2, 0.25) is 0 Å². The number of phosphoric acid groups is 1. The first-order valence-corrected chi connectivity index (χ1v) is 23.8. The topological polar surface area (TPSA) is 172 Å². The van der Waals surface area contributed by atoms with Crippen LogP contribution in [-0.4, -0.2) is 59.9 Å². The highest BCUT2D eigenvalue weighted by Gasteiger charge is 2.28. The lowest BCUT2D eigenvalue weighted by atomic mass is 10.0. The van der Waals surface area contributed by atoms with Gasteiger partial charge in [0.15, 0.2) is 6.10 Å². The molecule has 0 aromatic carbocycles. The summed E-state index contributed by atoms with van der Waals surface area (Å²) in [6.45, 7) is 2.64. The first kappa shape index (κ1) is 55.2. The minimum absolute atomic E-state index is 0.143. The third-order valence-corrected chi connectivity index (χ3v) is 10.2. The summed E-state index contributed by atoms with van der Waals surface area (Å²) in [4.78, 5) is 46.0. The molecule has 12 heteroatoms. The van der Waals surface area contributed by atoms with Gasteiger partial charge in [0.2, 0.25) is 0 Å². The second-order valence-corrected chi connectivity index (χ2v) is 16.3. The van der Waals surface area contributed by atoms with E-state index in [4.69, 9.17) is 24.8 Å². The number of carbonyl (C=O) groups is 3. The Labute approximate surface area is 351 Å². The standard InChI is InChI=1S/C46H80NO10P/c1-3-5-7-9-11-13-15-17-19-21-23-25-27-29-31-33-35-37-44(48)54-39-42(40-55-58(52,53)56-41-43(47)46(50)51)57-45(49)38-36-34-32-30-28-26-24-22-20-18-16-14-12-10-8-6-4-2/h5,7,11,13,17,19,23,25,29,31,42-43H,3-4,6,8-10,12,14-16,18,20-22,24,26-28,30,32-41,47H2,1-2H3,(H,50,51)(H,52,53)/b7-5-,13-11-,19-17-,25-23-,31-29-/t42-,43+/m1/s1. The molecule has 0 rings (SSSR count). The van der Waals surface area contributed by atoms with Gasteiger partial charge < -0.3 is 25.2 Å². The molecule has 0 aromatic heterocycles. The molecule has 334 valence electrons. The molecule has 0 fully saturated rings. The van der Waals surface area contributed by atoms with Crippen LogP contribution in [-0.2, 0) is 37.5 Å². The Balaban J connectivity index is 4.43. The van der Waals surface area contributed by atoms with Gasteiger partial charge in [0, 0.05) is 12.8 Å². The average Bonchev–Trinajstić information content (AvgIpc) is 3.20. The number of phosphoric ester groups is 1. The maximum Gasteiger partial charge on any atom is 0.472 e. The number of allylic oxidation sites excluding steroid dienone is 10. The SMILES string of the molecule is CC/C=C\C/C=C\C/C=C\C/C=C\C/C=C\CCCC(=O)OC[C@H](COP(=O)(O)OC[C@H](N)C(=O)O)OC(=O)CCCCCCCCCCCCCCCCCCC. The van der Waals surface area contributed by atoms with E-state index >= 15 is 0 Å². The van der Waals surface area contributed by atoms with Crippen molar-refractivity contribution < 1.29 is 47.5 Å². The van der Waals surface area contributed by atoms with E-state index in [-0.39, 0.29) is 19.4 Å². The number of carboxylic acid groups (broad SMARTS) is 1. The summed E-state index contributed by atoms with van der Waals surface area (Å²) in [6, 6.07) is -1.53. The van der Waals surface area contributed by atoms with Crippen molar-refractivity contribution in [3.63, 3.8) is 0 Å². The molecule has 0 amide bonds. The smallest absolute Gasteiger partial charge is 0.472 e. The van der Waals surface area contributed by atoms with Crippen LogP contribution < -0.4 is 5.73 Å². The maximum atomic E-state index is 12.6. The molecule has 0 aliphatic carbocycles. The molecule has 0 bridgehead atoms. The van der Waals surface area contributed by atoms with Gasteiger partial charge in [0.25, 0.3) is 0 Å². The quantitative estimate of drug-likeness (QED) is 0.0231. The molecule has 3 atom stereocenters. The highest BCUT2D eigenvalue weighted by atomic mass is 31.2. The van der Waals surface area contributed by atoms with Gasteiger partial charge in [-0.3, -0.25) is 23.4 Å². The Bertz CT molecular complexity index is 1210. The van der Waals surface area contributed by atoms with Crippen LogP contribution in [0, 0.1) is 0 Å². The first-order chi connectivity index (χ1) is 28.1. The molecule has 0 saturated carbocycles. The fourth-order valence-corrected chi connectivity index (χ4v) is 6.58. The second kappa shape index (κ2) is 40.9. The van der Waals surface area contributed by atoms with Gasteiger partial charge in [0.05, 0.1) is 13.2 Å². The van der Waals surface area contributed by atoms with Crippen molar-refractivity contribution in [2.75, 3.05) is 19.8 Å². The van der Waals surface area contributed by atoms with Crippen LogP contribution in [0.15, 0.2) is 60.8 Å². The fourth-order valence-electron chi connectivity index (χ4n) is 5.81. The van der Waals surface area contributed by atoms with Gasteiger partial charge in [-0.25, -0.2) is 4.57 Å². The Hall–Kier alpha value is -2.82. The Kier molecular flexibility index (Phi) is 38.9. The van der Waals surface area contributed by atoms with Gasteiger partial charge in [-0.05, 0) is 51.4 Å². The number of hydrogen-bond acceptors (Lipinski definition) is 9. The van der Waals surface area contributed by atoms with E-state index < -0.39 is 51.1 Å². The molecule has 0 spiro atoms. The van der Waals surface area contributed by atoms with E-state index in [1.54, 1.807) is 0 Å². The zero-order valence-corrected chi connectivity index (χ0v) is 37.0. The van der Waals surface area contributed by atoms with E-state index in [9.17, 15) is 23.8 Å². The lowest BCUT2D eigenvalue weighted by Gasteiger charge is -2.20. The van der Waals surface area contributed by atoms with Crippen molar-refractivity contribution in [1.29, 1.82) is 0 Å². The Morgan fingerprint density at radius 3 is 1.43 bits per heavy atom. The van der Waals surface area contributed by atoms with Crippen molar-refractivity contribution in [3.05, 3.63) is 60.8 Å². The highest BCUT2D eigenvalue weighted by molar-refractivity contribution is 7.47. The monoisotopic (exact) mass is 838 g/mol. The number of ether oxygens (including phenoxy) is 2. The Morgan fingerprint density at radius 2 is 0.966 bits per heavy atom. The predicted molar refractivity (Wildman–Crippen MR) is 235 cm³/mol. The Morgan fingerprint density at radius 1 is 0.552 bits per heavy atom. The average molecular weight is 838 g/mol. The van der Waals surface area contributed by atoms with E-state index in [1.165, 1.54) is 83.5 Å². The fraction of sp³-hybridized carbons (Fsp3) is 0.717. The molecule has 0 aromatic rings. The van der Waals surface area contributed by atoms with E-state index in [0.717, 1.165) is 51.4 Å². The maximum absolute atomic E-state index is 12.6. The van der Waals surface area contributed by atoms with Gasteiger partial charge >= 0.3 is 25.7 Å². The summed E-state index contributed by atoms with van der Waals surface area (Å²) in [5, 5.41) is 8.89. The van der Waals surface area contributed by atoms with Crippen LogP contribution in [0.5, 0.6) is 0 Å². The summed E-state index contributed by atoms with van der Waals surface area (Å²) in [5.74, 6) is -2.45. The predicted octanol–water partition coefficient (Wildman–Crippen LogP) is 12.0. The summed E-state index contributed by atoms with van der Waals surface area (Å²) in [6.07, 6.45) is 47.2. The molecule has 0 saturated heterocycles. The van der Waals surface area contributed by atoms with Crippen molar-refractivity contribution in [2.45, 2.75) is 193 Å². The number of aliphatic carboxylic acids is 1. The molecular weight excluding hydrogens is 757 g/mol. The summed E-state index contributed by atoms with van der Waals surface area (Å²) >= 11 is 0. The third-order valence-electron chi connectivity index (χ3n) is 9.28. The molecule has 4 N–H and O–H groups in total. The molecule has 58 heavy (non-hydrogen) atoms. The molecule has 11 nitrogen and oxygen atoms in total. The molecule has 0 radical (unpaired) electrons. The normalized spacial score (nSPS) is 14.3. The van der Waals surface area contributed by atoms with Crippen LogP contribution in [0.4, 0.5) is 0 Å². The van der Waals surface area contributed by atoms with Crippen LogP contribution in [0.1, 0.15) is 181 Å². The summed E-state index contributed by atoms with van der Waals surface area (Å²) < 4.78 is 32.7. The lowest BCUT2D eigenvalue weighted by Crippen LogP contribution is -2.34. The first-order valence-electron chi connectivity index (χ1n) is 22.3. The zero-order chi connectivity index (χ0) is 42.8. The van der Waals surface area contributed by atoms with Crippen LogP contribution >= 0.6 is 7.82 Å². The largest absolute Gasteiger partial charge is 0.480 e. The van der Waals surface area contributed by atoms with Gasteiger partial charge in [-0.15, -0.1) is 0 Å². The molecule has 0 heterocycles. The van der Waals surface area contributed by atoms with Crippen molar-refractivity contribution in [3.8, 4) is 0 Å². The van der Waals surface area contributed by atoms with Crippen molar-refractivity contribution in [2.24, 2.45) is 5.73 Å². The van der Waals surface area contributed by atoms with E-state index in [0.29, 0.717) is 19.3 Å². The van der Waals surface area contributed by atoms with E-state index in [1.807, 2.05) is 12.2 Å². The number of nitrogens with two attached hydrogens (primary N) is 1. The zero-order valence-electron chi connectivity index (χ0n) is 36.1. The minimum Gasteiger partial charge on any atom is -0.480 e. The van der Waals surface area contributed by atoms with Gasteiger partial charge in [-0.1, -0.05) is 177 Å². The minimum atomic E-state index is -4.73. The van der Waals surface area contributed by atoms with Crippen LogP contribution in [0.25, 0.3) is 0 Å². The highest BCUT2D eigenvalue weighted by Crippen LogP contribution is 2.43. The number of esters is 2. The number of unbranched alkanes of at least 4 members (excludes halogenated alkanes) is 17. The second-order valence-electron chi connectivity index (χ2n) is 14.8. The van der Waals surface area contributed by atoms with Crippen molar-refractivity contribution in [1.82, 2.24) is 0 Å². The van der Waals surface area contributed by atoms with Gasteiger partial charge in [0.1, 0.15) is 12.6 Å². The van der Waals surface area contributed by atoms with E-state index in [2.05, 4.69) is 67.0 Å². The molecule has 1 unspecified atom stereocenters.